The van der Waals surface area contributed by atoms with Crippen molar-refractivity contribution >= 4 is 33.0 Å². The maximum atomic E-state index is 12.7. The Kier molecular flexibility index (Phi) is 5.79. The molecule has 0 spiro atoms. The molecule has 1 rings (SSSR count). The van der Waals surface area contributed by atoms with Crippen molar-refractivity contribution in [2.45, 2.75) is 30.5 Å². The highest BCUT2D eigenvalue weighted by Crippen LogP contribution is 2.39. The van der Waals surface area contributed by atoms with Gasteiger partial charge in [0, 0.05) is 0 Å². The molecule has 0 aliphatic carbocycles. The normalized spacial score (nSPS) is 14.8. The second-order valence-corrected chi connectivity index (χ2v) is 7.51. The molecular formula is C13H15ClF3NO5S. The van der Waals surface area contributed by atoms with Crippen molar-refractivity contribution in [3.05, 3.63) is 17.2 Å². The number of ether oxygens (including phenoxy) is 1. The number of benzene rings is 1. The van der Waals surface area contributed by atoms with Crippen molar-refractivity contribution in [3.63, 3.8) is 0 Å². The molecule has 24 heavy (non-hydrogen) atoms. The van der Waals surface area contributed by atoms with Gasteiger partial charge >= 0.3 is 6.18 Å². The predicted molar refractivity (Wildman–Crippen MR) is 81.0 cm³/mol. The van der Waals surface area contributed by atoms with E-state index in [1.807, 2.05) is 5.32 Å². The summed E-state index contributed by atoms with van der Waals surface area (Å²) >= 11 is 5.92. The van der Waals surface area contributed by atoms with Crippen LogP contribution in [0.4, 0.5) is 18.9 Å². The number of hydrogen-bond acceptors (Lipinski definition) is 5. The molecule has 0 heterocycles. The van der Waals surface area contributed by atoms with E-state index in [9.17, 15) is 31.5 Å². The Morgan fingerprint density at radius 1 is 1.38 bits per heavy atom. The van der Waals surface area contributed by atoms with Crippen LogP contribution in [0, 0.1) is 0 Å². The first-order chi connectivity index (χ1) is 10.8. The maximum absolute atomic E-state index is 12.7. The Bertz CT molecular complexity index is 747. The number of hydrogen-bond donors (Lipinski definition) is 2. The number of methoxy groups -OCH3 is 1. The van der Waals surface area contributed by atoms with Crippen molar-refractivity contribution < 1.29 is 36.2 Å². The fourth-order valence-electron chi connectivity index (χ4n) is 1.60. The predicted octanol–water partition coefficient (Wildman–Crippen LogP) is 2.39. The molecule has 0 fully saturated rings. The van der Waals surface area contributed by atoms with Gasteiger partial charge in [-0.25, -0.2) is 8.42 Å². The van der Waals surface area contributed by atoms with Crippen molar-refractivity contribution in [2.75, 3.05) is 18.2 Å². The highest BCUT2D eigenvalue weighted by molar-refractivity contribution is 7.91. The van der Waals surface area contributed by atoms with E-state index in [4.69, 9.17) is 16.3 Å². The van der Waals surface area contributed by atoms with Crippen LogP contribution in [0.15, 0.2) is 17.0 Å². The lowest BCUT2D eigenvalue weighted by Crippen LogP contribution is -2.52. The second-order valence-electron chi connectivity index (χ2n) is 4.89. The summed E-state index contributed by atoms with van der Waals surface area (Å²) in [7, 11) is -2.59. The van der Waals surface area contributed by atoms with Crippen LogP contribution in [0.5, 0.6) is 5.75 Å². The van der Waals surface area contributed by atoms with E-state index in [1.165, 1.54) is 6.92 Å². The van der Waals surface area contributed by atoms with E-state index in [1.54, 1.807) is 0 Å². The summed E-state index contributed by atoms with van der Waals surface area (Å²) in [6.45, 7) is 1.67. The summed E-state index contributed by atoms with van der Waals surface area (Å²) < 4.78 is 66.7. The molecule has 1 amide bonds. The zero-order valence-electron chi connectivity index (χ0n) is 12.9. The Morgan fingerprint density at radius 3 is 2.33 bits per heavy atom. The minimum absolute atomic E-state index is 0.256. The van der Waals surface area contributed by atoms with Gasteiger partial charge in [-0.1, -0.05) is 18.5 Å². The molecule has 6 nitrogen and oxygen atoms in total. The highest BCUT2D eigenvalue weighted by Gasteiger charge is 2.55. The summed E-state index contributed by atoms with van der Waals surface area (Å²) in [5.41, 5.74) is -3.99. The average molecular weight is 390 g/mol. The van der Waals surface area contributed by atoms with E-state index in [0.717, 1.165) is 19.2 Å². The topological polar surface area (TPSA) is 92.7 Å². The number of carbonyl (C=O) groups is 1. The van der Waals surface area contributed by atoms with Gasteiger partial charge in [0.2, 0.25) is 5.60 Å². The van der Waals surface area contributed by atoms with Crippen LogP contribution in [0.1, 0.15) is 13.8 Å². The molecule has 0 bridgehead atoms. The van der Waals surface area contributed by atoms with Gasteiger partial charge in [-0.15, -0.1) is 0 Å². The first-order valence-electron chi connectivity index (χ1n) is 6.49. The minimum atomic E-state index is -5.21. The number of amides is 1. The third-order valence-electron chi connectivity index (χ3n) is 3.22. The second kappa shape index (κ2) is 6.77. The molecular weight excluding hydrogens is 375 g/mol. The van der Waals surface area contributed by atoms with Gasteiger partial charge in [0.25, 0.3) is 5.91 Å². The van der Waals surface area contributed by atoms with Crippen molar-refractivity contribution in [1.29, 1.82) is 0 Å². The number of anilines is 1. The standard InChI is InChI=1S/C13H15ClF3NO5S/c1-4-24(21,22)8-6-5-7(9(14)10(8)23-3)18-11(19)12(2,20)13(15,16)17/h5-6,20H,4H2,1-3H3,(H,18,19). The van der Waals surface area contributed by atoms with Gasteiger partial charge in [0.1, 0.15) is 9.92 Å². The lowest BCUT2D eigenvalue weighted by atomic mass is 10.1. The van der Waals surface area contributed by atoms with E-state index in [2.05, 4.69) is 0 Å². The molecule has 11 heteroatoms. The number of carbonyl (C=O) groups excluding carboxylic acids is 1. The van der Waals surface area contributed by atoms with Crippen molar-refractivity contribution in [1.82, 2.24) is 0 Å². The van der Waals surface area contributed by atoms with Crippen LogP contribution in [0.2, 0.25) is 5.02 Å². The third kappa shape index (κ3) is 3.76. The molecule has 0 saturated carbocycles. The molecule has 1 atom stereocenters. The molecule has 0 saturated heterocycles. The molecule has 2 N–H and O–H groups in total. The molecule has 0 aromatic heterocycles. The van der Waals surface area contributed by atoms with E-state index in [-0.39, 0.29) is 29.0 Å². The smallest absolute Gasteiger partial charge is 0.426 e. The number of aliphatic hydroxyl groups is 1. The molecule has 1 aromatic rings. The maximum Gasteiger partial charge on any atom is 0.426 e. The monoisotopic (exact) mass is 389 g/mol. The Labute approximate surface area is 141 Å². The van der Waals surface area contributed by atoms with Gasteiger partial charge in [-0.2, -0.15) is 13.2 Å². The molecule has 136 valence electrons. The molecule has 0 radical (unpaired) electrons. The van der Waals surface area contributed by atoms with Crippen molar-refractivity contribution in [2.24, 2.45) is 0 Å². The zero-order chi connectivity index (χ0) is 18.9. The molecule has 0 aliphatic rings. The Morgan fingerprint density at radius 2 is 1.92 bits per heavy atom. The van der Waals surface area contributed by atoms with Gasteiger partial charge < -0.3 is 15.2 Å². The lowest BCUT2D eigenvalue weighted by Gasteiger charge is -2.25. The van der Waals surface area contributed by atoms with Crippen molar-refractivity contribution in [3.8, 4) is 5.75 Å². The summed E-state index contributed by atoms with van der Waals surface area (Å²) in [6.07, 6.45) is -5.21. The summed E-state index contributed by atoms with van der Waals surface area (Å²) in [4.78, 5) is 11.4. The van der Waals surface area contributed by atoms with Crippen LogP contribution in [0.3, 0.4) is 0 Å². The first-order valence-corrected chi connectivity index (χ1v) is 8.52. The van der Waals surface area contributed by atoms with E-state index < -0.39 is 32.5 Å². The summed E-state index contributed by atoms with van der Waals surface area (Å²) in [6, 6.07) is 2.05. The summed E-state index contributed by atoms with van der Waals surface area (Å²) in [5.74, 6) is -2.35. The van der Waals surface area contributed by atoms with Gasteiger partial charge in [-0.3, -0.25) is 4.79 Å². The molecule has 1 aromatic carbocycles. The minimum Gasteiger partial charge on any atom is -0.494 e. The largest absolute Gasteiger partial charge is 0.494 e. The third-order valence-corrected chi connectivity index (χ3v) is 5.35. The van der Waals surface area contributed by atoms with Gasteiger partial charge in [0.05, 0.1) is 18.6 Å². The average Bonchev–Trinajstić information content (AvgIpc) is 2.47. The quantitative estimate of drug-likeness (QED) is 0.806. The Balaban J connectivity index is 3.33. The number of nitrogens with one attached hydrogen (secondary N) is 1. The fraction of sp³-hybridized carbons (Fsp3) is 0.462. The Hall–Kier alpha value is -1.52. The number of alkyl halides is 3. The van der Waals surface area contributed by atoms with Crippen LogP contribution in [-0.4, -0.2) is 44.1 Å². The fourth-order valence-corrected chi connectivity index (χ4v) is 3.00. The zero-order valence-corrected chi connectivity index (χ0v) is 14.4. The number of sulfone groups is 1. The highest BCUT2D eigenvalue weighted by atomic mass is 35.5. The summed E-state index contributed by atoms with van der Waals surface area (Å²) in [5, 5.41) is 10.7. The number of rotatable bonds is 5. The van der Waals surface area contributed by atoms with E-state index in [0.29, 0.717) is 0 Å². The van der Waals surface area contributed by atoms with Gasteiger partial charge in [0.15, 0.2) is 15.6 Å². The number of halogens is 4. The van der Waals surface area contributed by atoms with Gasteiger partial charge in [-0.05, 0) is 19.1 Å². The molecule has 1 unspecified atom stereocenters. The molecule has 0 aliphatic heterocycles. The SMILES string of the molecule is CCS(=O)(=O)c1ccc(NC(=O)C(C)(O)C(F)(F)F)c(Cl)c1OC. The van der Waals surface area contributed by atoms with Crippen LogP contribution >= 0.6 is 11.6 Å². The van der Waals surface area contributed by atoms with Crippen LogP contribution in [0.25, 0.3) is 0 Å². The first kappa shape index (κ1) is 20.5. The lowest BCUT2D eigenvalue weighted by molar-refractivity contribution is -0.242. The van der Waals surface area contributed by atoms with Crippen LogP contribution < -0.4 is 10.1 Å². The van der Waals surface area contributed by atoms with Crippen LogP contribution in [-0.2, 0) is 14.6 Å². The van der Waals surface area contributed by atoms with E-state index >= 15 is 0 Å².